The van der Waals surface area contributed by atoms with Crippen molar-refractivity contribution in [1.82, 2.24) is 0 Å². The summed E-state index contributed by atoms with van der Waals surface area (Å²) in [6, 6.07) is 5.71. The predicted octanol–water partition coefficient (Wildman–Crippen LogP) is 3.00. The molecule has 3 heteroatoms. The van der Waals surface area contributed by atoms with Crippen LogP contribution >= 0.6 is 0 Å². The number of carbonyl (C=O) groups is 1. The normalized spacial score (nSPS) is 10.3. The van der Waals surface area contributed by atoms with Gasteiger partial charge in [0.15, 0.2) is 0 Å². The molecule has 1 rings (SSSR count). The van der Waals surface area contributed by atoms with Crippen molar-refractivity contribution < 1.29 is 14.3 Å². The molecule has 96 valence electrons. The van der Waals surface area contributed by atoms with Crippen molar-refractivity contribution in [3.8, 4) is 5.75 Å². The van der Waals surface area contributed by atoms with Crippen LogP contribution in [-0.4, -0.2) is 19.7 Å². The third kappa shape index (κ3) is 4.09. The Hall–Kier alpha value is -2.03. The zero-order valence-electron chi connectivity index (χ0n) is 10.8. The highest BCUT2D eigenvalue weighted by Crippen LogP contribution is 2.19. The maximum atomic E-state index is 11.3. The third-order valence-electron chi connectivity index (χ3n) is 2.40. The van der Waals surface area contributed by atoms with Gasteiger partial charge in [-0.1, -0.05) is 12.1 Å². The van der Waals surface area contributed by atoms with Gasteiger partial charge in [-0.25, -0.2) is 4.79 Å². The van der Waals surface area contributed by atoms with E-state index in [1.165, 1.54) is 6.08 Å². The number of hydrogen-bond acceptors (Lipinski definition) is 3. The van der Waals surface area contributed by atoms with Crippen LogP contribution in [0.5, 0.6) is 5.75 Å². The summed E-state index contributed by atoms with van der Waals surface area (Å²) >= 11 is 0. The van der Waals surface area contributed by atoms with Gasteiger partial charge in [0.05, 0.1) is 13.7 Å². The van der Waals surface area contributed by atoms with Gasteiger partial charge in [0, 0.05) is 6.08 Å². The van der Waals surface area contributed by atoms with Crippen molar-refractivity contribution in [1.29, 1.82) is 0 Å². The van der Waals surface area contributed by atoms with E-state index < -0.39 is 0 Å². The topological polar surface area (TPSA) is 35.5 Å². The van der Waals surface area contributed by atoms with Crippen molar-refractivity contribution >= 4 is 12.0 Å². The van der Waals surface area contributed by atoms with Crippen LogP contribution in [0.1, 0.15) is 18.1 Å². The summed E-state index contributed by atoms with van der Waals surface area (Å²) in [7, 11) is 1.63. The summed E-state index contributed by atoms with van der Waals surface area (Å²) in [6.45, 7) is 5.88. The Morgan fingerprint density at radius 3 is 2.83 bits per heavy atom. The molecule has 0 saturated carbocycles. The SMILES string of the molecule is C=CCc1cc(OC)ccc1C=CC(=O)OCC. The lowest BCUT2D eigenvalue weighted by molar-refractivity contribution is -0.137. The Labute approximate surface area is 108 Å². The summed E-state index contributed by atoms with van der Waals surface area (Å²) in [4.78, 5) is 11.3. The van der Waals surface area contributed by atoms with E-state index in [0.717, 1.165) is 23.3 Å². The first-order chi connectivity index (χ1) is 8.71. The molecule has 0 radical (unpaired) electrons. The standard InChI is InChI=1S/C15H18O3/c1-4-6-13-11-14(17-3)9-7-12(13)8-10-15(16)18-5-2/h4,7-11H,1,5-6H2,2-3H3. The van der Waals surface area contributed by atoms with Crippen molar-refractivity contribution in [2.75, 3.05) is 13.7 Å². The van der Waals surface area contributed by atoms with Crippen LogP contribution in [0.25, 0.3) is 6.08 Å². The summed E-state index contributed by atoms with van der Waals surface area (Å²) in [6.07, 6.45) is 5.71. The second kappa shape index (κ2) is 7.33. The van der Waals surface area contributed by atoms with Crippen LogP contribution < -0.4 is 4.74 Å². The molecule has 0 unspecified atom stereocenters. The second-order valence-corrected chi connectivity index (χ2v) is 3.64. The average molecular weight is 246 g/mol. The van der Waals surface area contributed by atoms with Gasteiger partial charge < -0.3 is 9.47 Å². The molecule has 3 nitrogen and oxygen atoms in total. The van der Waals surface area contributed by atoms with E-state index in [2.05, 4.69) is 6.58 Å². The van der Waals surface area contributed by atoms with Gasteiger partial charge in [0.2, 0.25) is 0 Å². The van der Waals surface area contributed by atoms with Gasteiger partial charge in [0.1, 0.15) is 5.75 Å². The molecule has 0 fully saturated rings. The van der Waals surface area contributed by atoms with Gasteiger partial charge >= 0.3 is 5.97 Å². The first-order valence-electron chi connectivity index (χ1n) is 5.84. The number of benzene rings is 1. The quantitative estimate of drug-likeness (QED) is 0.440. The number of methoxy groups -OCH3 is 1. The Morgan fingerprint density at radius 1 is 1.44 bits per heavy atom. The third-order valence-corrected chi connectivity index (χ3v) is 2.40. The molecule has 0 heterocycles. The number of esters is 1. The lowest BCUT2D eigenvalue weighted by atomic mass is 10.0. The summed E-state index contributed by atoms with van der Waals surface area (Å²) in [5, 5.41) is 0. The van der Waals surface area contributed by atoms with Gasteiger partial charge in [-0.2, -0.15) is 0 Å². The summed E-state index contributed by atoms with van der Waals surface area (Å²) in [5.41, 5.74) is 2.02. The van der Waals surface area contributed by atoms with Crippen LogP contribution in [0.15, 0.2) is 36.9 Å². The number of hydrogen-bond donors (Lipinski definition) is 0. The smallest absolute Gasteiger partial charge is 0.330 e. The van der Waals surface area contributed by atoms with Crippen molar-refractivity contribution in [3.05, 3.63) is 48.1 Å². The highest BCUT2D eigenvalue weighted by Gasteiger charge is 2.02. The maximum Gasteiger partial charge on any atom is 0.330 e. The minimum Gasteiger partial charge on any atom is -0.497 e. The van der Waals surface area contributed by atoms with Crippen LogP contribution in [0.3, 0.4) is 0 Å². The highest BCUT2D eigenvalue weighted by molar-refractivity contribution is 5.87. The zero-order chi connectivity index (χ0) is 13.4. The minimum absolute atomic E-state index is 0.335. The molecule has 0 aliphatic rings. The summed E-state index contributed by atoms with van der Waals surface area (Å²) in [5.74, 6) is 0.456. The fourth-order valence-electron chi connectivity index (χ4n) is 1.55. The molecule has 0 bridgehead atoms. The van der Waals surface area contributed by atoms with E-state index in [1.54, 1.807) is 20.1 Å². The molecule has 18 heavy (non-hydrogen) atoms. The number of ether oxygens (including phenoxy) is 2. The molecular weight excluding hydrogens is 228 g/mol. The van der Waals surface area contributed by atoms with Crippen LogP contribution in [0, 0.1) is 0 Å². The van der Waals surface area contributed by atoms with E-state index in [9.17, 15) is 4.79 Å². The number of allylic oxidation sites excluding steroid dienone is 1. The lowest BCUT2D eigenvalue weighted by Gasteiger charge is -2.06. The van der Waals surface area contributed by atoms with E-state index in [1.807, 2.05) is 24.3 Å². The number of carbonyl (C=O) groups excluding carboxylic acids is 1. The first kappa shape index (κ1) is 14.0. The van der Waals surface area contributed by atoms with Crippen molar-refractivity contribution in [2.45, 2.75) is 13.3 Å². The Bertz CT molecular complexity index is 447. The zero-order valence-corrected chi connectivity index (χ0v) is 10.8. The molecule has 0 saturated heterocycles. The van der Waals surface area contributed by atoms with E-state index in [-0.39, 0.29) is 5.97 Å². The molecule has 0 spiro atoms. The Balaban J connectivity index is 2.93. The summed E-state index contributed by atoms with van der Waals surface area (Å²) < 4.78 is 10.0. The second-order valence-electron chi connectivity index (χ2n) is 3.64. The Kier molecular flexibility index (Phi) is 5.71. The van der Waals surface area contributed by atoms with E-state index in [4.69, 9.17) is 9.47 Å². The molecule has 0 N–H and O–H groups in total. The molecule has 0 atom stereocenters. The minimum atomic E-state index is -0.335. The van der Waals surface area contributed by atoms with E-state index >= 15 is 0 Å². The molecular formula is C15H18O3. The molecule has 0 amide bonds. The lowest BCUT2D eigenvalue weighted by Crippen LogP contribution is -1.99. The van der Waals surface area contributed by atoms with Gasteiger partial charge in [0.25, 0.3) is 0 Å². The van der Waals surface area contributed by atoms with Gasteiger partial charge in [-0.05, 0) is 42.7 Å². The van der Waals surface area contributed by atoms with Crippen molar-refractivity contribution in [3.63, 3.8) is 0 Å². The molecule has 0 aromatic heterocycles. The maximum absolute atomic E-state index is 11.3. The molecule has 0 aliphatic carbocycles. The molecule has 0 aliphatic heterocycles. The first-order valence-corrected chi connectivity index (χ1v) is 5.84. The fourth-order valence-corrected chi connectivity index (χ4v) is 1.55. The van der Waals surface area contributed by atoms with Crippen LogP contribution in [0.4, 0.5) is 0 Å². The molecule has 1 aromatic rings. The predicted molar refractivity (Wildman–Crippen MR) is 72.6 cm³/mol. The van der Waals surface area contributed by atoms with E-state index in [0.29, 0.717) is 6.61 Å². The van der Waals surface area contributed by atoms with Gasteiger partial charge in [-0.3, -0.25) is 0 Å². The monoisotopic (exact) mass is 246 g/mol. The highest BCUT2D eigenvalue weighted by atomic mass is 16.5. The average Bonchev–Trinajstić information content (AvgIpc) is 2.38. The number of rotatable bonds is 6. The van der Waals surface area contributed by atoms with Crippen LogP contribution in [0.2, 0.25) is 0 Å². The molecule has 1 aromatic carbocycles. The Morgan fingerprint density at radius 2 is 2.22 bits per heavy atom. The van der Waals surface area contributed by atoms with Crippen molar-refractivity contribution in [2.24, 2.45) is 0 Å². The largest absolute Gasteiger partial charge is 0.497 e. The van der Waals surface area contributed by atoms with Crippen LogP contribution in [-0.2, 0) is 16.0 Å². The fraction of sp³-hybridized carbons (Fsp3) is 0.267. The van der Waals surface area contributed by atoms with Gasteiger partial charge in [-0.15, -0.1) is 6.58 Å².